The fourth-order valence-corrected chi connectivity index (χ4v) is 2.34. The van der Waals surface area contributed by atoms with Gasteiger partial charge in [-0.3, -0.25) is 0 Å². The lowest BCUT2D eigenvalue weighted by Crippen LogP contribution is -1.93. The van der Waals surface area contributed by atoms with E-state index in [0.717, 1.165) is 11.1 Å². The zero-order valence-corrected chi connectivity index (χ0v) is 12.8. The predicted octanol–water partition coefficient (Wildman–Crippen LogP) is 5.23. The topological polar surface area (TPSA) is 18.5 Å². The Hall–Kier alpha value is -2.65. The molecule has 0 aromatic heterocycles. The van der Waals surface area contributed by atoms with Crippen LogP contribution in [0.1, 0.15) is 5.56 Å². The van der Waals surface area contributed by atoms with Gasteiger partial charge in [-0.1, -0.05) is 48.5 Å². The maximum atomic E-state index is 14.2. The highest BCUT2D eigenvalue weighted by Crippen LogP contribution is 2.35. The van der Waals surface area contributed by atoms with Gasteiger partial charge in [-0.05, 0) is 29.3 Å². The van der Waals surface area contributed by atoms with Crippen LogP contribution in [0.25, 0.3) is 11.1 Å². The van der Waals surface area contributed by atoms with Crippen LogP contribution in [0, 0.1) is 11.9 Å². The Labute approximate surface area is 135 Å². The fourth-order valence-electron chi connectivity index (χ4n) is 2.34. The highest BCUT2D eigenvalue weighted by molar-refractivity contribution is 5.71. The number of para-hydroxylation sites is 1. The quantitative estimate of drug-likeness (QED) is 0.642. The molecule has 3 heteroatoms. The standard InChI is InChI=1S/C20H16FO2/c1-22-14-15-10-12-16(13-11-15)18-8-5-9-19(21)20(18)23-17-6-3-2-4-7-17/h2-8,10-13H,14H2,1H3. The lowest BCUT2D eigenvalue weighted by atomic mass is 10.0. The van der Waals surface area contributed by atoms with Crippen molar-refractivity contribution in [3.63, 3.8) is 0 Å². The van der Waals surface area contributed by atoms with Crippen LogP contribution < -0.4 is 4.74 Å². The molecule has 0 amide bonds. The summed E-state index contributed by atoms with van der Waals surface area (Å²) in [6.45, 7) is 0.546. The molecular formula is C20H16FO2. The van der Waals surface area contributed by atoms with Gasteiger partial charge >= 0.3 is 0 Å². The lowest BCUT2D eigenvalue weighted by Gasteiger charge is -2.12. The molecule has 0 spiro atoms. The summed E-state index contributed by atoms with van der Waals surface area (Å²) in [6.07, 6.45) is 0. The predicted molar refractivity (Wildman–Crippen MR) is 87.9 cm³/mol. The van der Waals surface area contributed by atoms with Crippen molar-refractivity contribution in [2.75, 3.05) is 7.11 Å². The van der Waals surface area contributed by atoms with Crippen molar-refractivity contribution >= 4 is 0 Å². The zero-order chi connectivity index (χ0) is 16.1. The minimum atomic E-state index is -0.507. The zero-order valence-electron chi connectivity index (χ0n) is 12.8. The molecule has 2 nitrogen and oxygen atoms in total. The molecule has 0 fully saturated rings. The highest BCUT2D eigenvalue weighted by atomic mass is 19.1. The Morgan fingerprint density at radius 2 is 1.70 bits per heavy atom. The Bertz CT molecular complexity index is 767. The van der Waals surface area contributed by atoms with E-state index in [2.05, 4.69) is 6.07 Å². The summed E-state index contributed by atoms with van der Waals surface area (Å²) in [7, 11) is 1.65. The first kappa shape index (κ1) is 15.3. The molecule has 0 atom stereocenters. The van der Waals surface area contributed by atoms with E-state index in [4.69, 9.17) is 9.47 Å². The second kappa shape index (κ2) is 7.07. The highest BCUT2D eigenvalue weighted by Gasteiger charge is 2.13. The van der Waals surface area contributed by atoms with Gasteiger partial charge in [0.05, 0.1) is 6.61 Å². The van der Waals surface area contributed by atoms with Gasteiger partial charge in [-0.2, -0.15) is 0 Å². The Balaban J connectivity index is 1.97. The van der Waals surface area contributed by atoms with Crippen molar-refractivity contribution in [3.05, 3.63) is 84.2 Å². The largest absolute Gasteiger partial charge is 0.454 e. The molecule has 0 N–H and O–H groups in total. The molecule has 0 heterocycles. The number of hydrogen-bond donors (Lipinski definition) is 0. The van der Waals surface area contributed by atoms with E-state index in [0.29, 0.717) is 17.9 Å². The lowest BCUT2D eigenvalue weighted by molar-refractivity contribution is 0.185. The Kier molecular flexibility index (Phi) is 4.69. The minimum Gasteiger partial charge on any atom is -0.454 e. The average Bonchev–Trinajstić information content (AvgIpc) is 2.59. The number of benzene rings is 3. The summed E-state index contributed by atoms with van der Waals surface area (Å²) >= 11 is 0. The molecule has 115 valence electrons. The number of rotatable bonds is 5. The van der Waals surface area contributed by atoms with Gasteiger partial charge < -0.3 is 9.47 Å². The molecule has 1 radical (unpaired) electrons. The van der Waals surface area contributed by atoms with Crippen molar-refractivity contribution in [3.8, 4) is 22.6 Å². The Morgan fingerprint density at radius 1 is 0.957 bits per heavy atom. The second-order valence-corrected chi connectivity index (χ2v) is 5.08. The van der Waals surface area contributed by atoms with Crippen LogP contribution in [0.3, 0.4) is 0 Å². The van der Waals surface area contributed by atoms with Gasteiger partial charge in [-0.15, -0.1) is 0 Å². The smallest absolute Gasteiger partial charge is 0.174 e. The fraction of sp³-hybridized carbons (Fsp3) is 0.100. The van der Waals surface area contributed by atoms with E-state index in [1.54, 1.807) is 31.4 Å². The van der Waals surface area contributed by atoms with Crippen LogP contribution in [-0.2, 0) is 11.3 Å². The number of hydrogen-bond acceptors (Lipinski definition) is 2. The summed E-state index contributed by atoms with van der Waals surface area (Å²) in [5.41, 5.74) is 2.63. The summed E-state index contributed by atoms with van der Waals surface area (Å²) in [4.78, 5) is 0. The van der Waals surface area contributed by atoms with Crippen LogP contribution in [0.2, 0.25) is 0 Å². The van der Waals surface area contributed by atoms with E-state index in [1.807, 2.05) is 42.5 Å². The molecule has 0 saturated heterocycles. The molecule has 0 bridgehead atoms. The summed E-state index contributed by atoms with van der Waals surface area (Å²) in [5, 5.41) is 0. The van der Waals surface area contributed by atoms with Crippen LogP contribution in [0.4, 0.5) is 4.39 Å². The summed E-state index contributed by atoms with van der Waals surface area (Å²) in [5.74, 6) is 0.258. The van der Waals surface area contributed by atoms with Crippen LogP contribution >= 0.6 is 0 Å². The van der Waals surface area contributed by atoms with Gasteiger partial charge in [0.15, 0.2) is 11.6 Å². The third kappa shape index (κ3) is 3.58. The summed E-state index contributed by atoms with van der Waals surface area (Å²) in [6, 6.07) is 22.8. The molecule has 0 aliphatic heterocycles. The molecule has 0 unspecified atom stereocenters. The number of ether oxygens (including phenoxy) is 2. The van der Waals surface area contributed by atoms with Crippen LogP contribution in [-0.4, -0.2) is 7.11 Å². The third-order valence-electron chi connectivity index (χ3n) is 3.44. The Morgan fingerprint density at radius 3 is 2.39 bits per heavy atom. The van der Waals surface area contributed by atoms with Gasteiger partial charge in [-0.25, -0.2) is 4.39 Å². The van der Waals surface area contributed by atoms with E-state index >= 15 is 0 Å². The molecule has 0 saturated carbocycles. The van der Waals surface area contributed by atoms with E-state index < -0.39 is 5.82 Å². The van der Waals surface area contributed by atoms with Crippen molar-refractivity contribution in [2.45, 2.75) is 6.61 Å². The van der Waals surface area contributed by atoms with E-state index in [9.17, 15) is 4.39 Å². The second-order valence-electron chi connectivity index (χ2n) is 5.08. The molecule has 3 aromatic carbocycles. The van der Waals surface area contributed by atoms with Gasteiger partial charge in [0.1, 0.15) is 5.75 Å². The monoisotopic (exact) mass is 307 g/mol. The number of halogens is 1. The van der Waals surface area contributed by atoms with Gasteiger partial charge in [0, 0.05) is 18.7 Å². The van der Waals surface area contributed by atoms with E-state index in [1.165, 1.54) is 0 Å². The minimum absolute atomic E-state index is 0.179. The maximum Gasteiger partial charge on any atom is 0.174 e. The summed E-state index contributed by atoms with van der Waals surface area (Å²) < 4.78 is 25.1. The first-order valence-corrected chi connectivity index (χ1v) is 7.29. The molecule has 0 aliphatic carbocycles. The first-order valence-electron chi connectivity index (χ1n) is 7.29. The van der Waals surface area contributed by atoms with Gasteiger partial charge in [0.2, 0.25) is 0 Å². The molecule has 3 rings (SSSR count). The third-order valence-corrected chi connectivity index (χ3v) is 3.44. The first-order chi connectivity index (χ1) is 11.3. The molecule has 0 aliphatic rings. The van der Waals surface area contributed by atoms with E-state index in [-0.39, 0.29) is 5.75 Å². The SMILES string of the molecule is COCc1ccc(-c2cc[c]c(F)c2Oc2ccccc2)cc1. The van der Waals surface area contributed by atoms with Gasteiger partial charge in [0.25, 0.3) is 0 Å². The molecule has 23 heavy (non-hydrogen) atoms. The maximum absolute atomic E-state index is 14.2. The van der Waals surface area contributed by atoms with Crippen molar-refractivity contribution in [1.29, 1.82) is 0 Å². The normalized spacial score (nSPS) is 10.5. The van der Waals surface area contributed by atoms with Crippen molar-refractivity contribution < 1.29 is 13.9 Å². The molecule has 3 aromatic rings. The van der Waals surface area contributed by atoms with Crippen molar-refractivity contribution in [1.82, 2.24) is 0 Å². The number of methoxy groups -OCH3 is 1. The van der Waals surface area contributed by atoms with Crippen LogP contribution in [0.5, 0.6) is 11.5 Å². The van der Waals surface area contributed by atoms with Crippen molar-refractivity contribution in [2.24, 2.45) is 0 Å². The average molecular weight is 307 g/mol. The molecular weight excluding hydrogens is 291 g/mol. The van der Waals surface area contributed by atoms with Crippen LogP contribution in [0.15, 0.2) is 66.7 Å².